The van der Waals surface area contributed by atoms with E-state index in [-0.39, 0.29) is 0 Å². The highest BCUT2D eigenvalue weighted by Crippen LogP contribution is 2.26. The van der Waals surface area contributed by atoms with Crippen LogP contribution in [0.25, 0.3) is 0 Å². The van der Waals surface area contributed by atoms with Gasteiger partial charge in [-0.1, -0.05) is 6.07 Å². The zero-order valence-corrected chi connectivity index (χ0v) is 13.6. The summed E-state index contributed by atoms with van der Waals surface area (Å²) in [4.78, 5) is 10.7. The van der Waals surface area contributed by atoms with Gasteiger partial charge in [0.05, 0.1) is 25.3 Å². The molecule has 5 nitrogen and oxygen atoms in total. The molecule has 0 radical (unpaired) electrons. The maximum atomic E-state index is 5.68. The fourth-order valence-corrected chi connectivity index (χ4v) is 3.79. The molecule has 2 unspecified atom stereocenters. The highest BCUT2D eigenvalue weighted by atomic mass is 32.1. The molecule has 3 rings (SSSR count). The highest BCUT2D eigenvalue weighted by Gasteiger charge is 2.27. The highest BCUT2D eigenvalue weighted by molar-refractivity contribution is 7.10. The molecular weight excluding hydrogens is 284 g/mol. The molecule has 6 heteroatoms. The number of ether oxygens (including phenoxy) is 1. The van der Waals surface area contributed by atoms with Gasteiger partial charge in [0.25, 0.3) is 0 Å². The van der Waals surface area contributed by atoms with Crippen LogP contribution in [0.15, 0.2) is 22.5 Å². The van der Waals surface area contributed by atoms with Crippen LogP contribution in [0, 0.1) is 0 Å². The van der Waals surface area contributed by atoms with E-state index >= 15 is 0 Å². The van der Waals surface area contributed by atoms with Gasteiger partial charge in [-0.3, -0.25) is 9.89 Å². The van der Waals surface area contributed by atoms with Crippen LogP contribution in [0.3, 0.4) is 0 Å². The van der Waals surface area contributed by atoms with Crippen molar-refractivity contribution in [3.63, 3.8) is 0 Å². The number of aliphatic imine (C=N–C) groups is 1. The second kappa shape index (κ2) is 6.77. The summed E-state index contributed by atoms with van der Waals surface area (Å²) in [6.07, 6.45) is 0.313. The van der Waals surface area contributed by atoms with Gasteiger partial charge in [-0.25, -0.2) is 0 Å². The molecule has 116 valence electrons. The molecule has 1 fully saturated rings. The van der Waals surface area contributed by atoms with Gasteiger partial charge in [-0.15, -0.1) is 11.3 Å². The van der Waals surface area contributed by atoms with Crippen LogP contribution < -0.4 is 5.32 Å². The number of hydrogen-bond acceptors (Lipinski definition) is 6. The number of nitrogens with zero attached hydrogens (tertiary/aromatic N) is 3. The lowest BCUT2D eigenvalue weighted by Gasteiger charge is -2.37. The van der Waals surface area contributed by atoms with Gasteiger partial charge in [-0.05, 0) is 18.4 Å². The molecule has 2 aliphatic heterocycles. The predicted molar refractivity (Wildman–Crippen MR) is 87.0 cm³/mol. The van der Waals surface area contributed by atoms with Crippen LogP contribution in [0.5, 0.6) is 0 Å². The van der Waals surface area contributed by atoms with Crippen LogP contribution in [0.4, 0.5) is 0 Å². The van der Waals surface area contributed by atoms with Crippen LogP contribution in [0.2, 0.25) is 0 Å². The third-order valence-electron chi connectivity index (χ3n) is 4.10. The van der Waals surface area contributed by atoms with Crippen molar-refractivity contribution in [3.8, 4) is 0 Å². The second-order valence-corrected chi connectivity index (χ2v) is 6.69. The summed E-state index contributed by atoms with van der Waals surface area (Å²) in [5.74, 6) is 1.03. The lowest BCUT2D eigenvalue weighted by atomic mass is 10.1. The maximum Gasteiger partial charge on any atom is 0.193 e. The van der Waals surface area contributed by atoms with E-state index in [0.717, 1.165) is 45.3 Å². The van der Waals surface area contributed by atoms with Gasteiger partial charge in [0.15, 0.2) is 5.96 Å². The fraction of sp³-hybridized carbons (Fsp3) is 0.667. The third kappa shape index (κ3) is 3.56. The maximum absolute atomic E-state index is 5.68. The summed E-state index contributed by atoms with van der Waals surface area (Å²) in [7, 11) is 2.09. The lowest BCUT2D eigenvalue weighted by molar-refractivity contribution is -0.0334. The average Bonchev–Trinajstić information content (AvgIpc) is 3.12. The molecule has 1 aromatic rings. The Morgan fingerprint density at radius 3 is 3.10 bits per heavy atom. The molecule has 0 bridgehead atoms. The van der Waals surface area contributed by atoms with Gasteiger partial charge in [0.1, 0.15) is 0 Å². The Kier molecular flexibility index (Phi) is 4.77. The minimum absolute atomic E-state index is 0.313. The molecule has 1 N–H and O–H groups in total. The average molecular weight is 308 g/mol. The molecule has 0 amide bonds. The number of hydrogen-bond donors (Lipinski definition) is 1. The monoisotopic (exact) mass is 308 g/mol. The predicted octanol–water partition coefficient (Wildman–Crippen LogP) is 1.40. The Morgan fingerprint density at radius 1 is 1.52 bits per heavy atom. The Morgan fingerprint density at radius 2 is 2.43 bits per heavy atom. The molecule has 3 heterocycles. The quantitative estimate of drug-likeness (QED) is 0.913. The van der Waals surface area contributed by atoms with E-state index in [1.54, 1.807) is 0 Å². The first kappa shape index (κ1) is 14.8. The van der Waals surface area contributed by atoms with Gasteiger partial charge < -0.3 is 15.0 Å². The first-order valence-electron chi connectivity index (χ1n) is 7.62. The van der Waals surface area contributed by atoms with Crippen molar-refractivity contribution in [1.82, 2.24) is 15.1 Å². The first-order valence-corrected chi connectivity index (χ1v) is 8.50. The Balaban J connectivity index is 1.67. The van der Waals surface area contributed by atoms with Crippen molar-refractivity contribution in [3.05, 3.63) is 22.4 Å². The number of morpholine rings is 1. The number of thiophene rings is 1. The SMILES string of the molecule is CC1CN(C(CNC2=NCCN2C)c2cccs2)CCO1. The van der Waals surface area contributed by atoms with Crippen molar-refractivity contribution >= 4 is 17.3 Å². The Labute approximate surface area is 130 Å². The van der Waals surface area contributed by atoms with Crippen LogP contribution >= 0.6 is 11.3 Å². The smallest absolute Gasteiger partial charge is 0.193 e. The fourth-order valence-electron chi connectivity index (χ4n) is 2.93. The van der Waals surface area contributed by atoms with E-state index in [0.29, 0.717) is 12.1 Å². The molecular formula is C15H24N4OS. The van der Waals surface area contributed by atoms with Crippen LogP contribution in [-0.4, -0.2) is 68.2 Å². The van der Waals surface area contributed by atoms with E-state index in [1.807, 2.05) is 11.3 Å². The summed E-state index contributed by atoms with van der Waals surface area (Å²) in [6.45, 7) is 7.78. The standard InChI is InChI=1S/C15H24N4OS/c1-12-11-19(7-8-20-12)13(14-4-3-9-21-14)10-17-15-16-5-6-18(15)2/h3-4,9,12-13H,5-8,10-11H2,1-2H3,(H,16,17). The van der Waals surface area contributed by atoms with Crippen molar-refractivity contribution in [2.24, 2.45) is 4.99 Å². The molecule has 2 atom stereocenters. The third-order valence-corrected chi connectivity index (χ3v) is 5.07. The van der Waals surface area contributed by atoms with E-state index in [4.69, 9.17) is 4.74 Å². The van der Waals surface area contributed by atoms with E-state index in [1.165, 1.54) is 4.88 Å². The normalized spacial score (nSPS) is 25.0. The van der Waals surface area contributed by atoms with Crippen molar-refractivity contribution < 1.29 is 4.74 Å². The number of rotatable bonds is 4. The van der Waals surface area contributed by atoms with Gasteiger partial charge in [0, 0.05) is 38.1 Å². The molecule has 0 spiro atoms. The lowest BCUT2D eigenvalue weighted by Crippen LogP contribution is -2.47. The molecule has 21 heavy (non-hydrogen) atoms. The van der Waals surface area contributed by atoms with Crippen molar-refractivity contribution in [2.75, 3.05) is 46.4 Å². The van der Waals surface area contributed by atoms with Crippen LogP contribution in [0.1, 0.15) is 17.8 Å². The minimum atomic E-state index is 0.313. The van der Waals surface area contributed by atoms with E-state index in [2.05, 4.69) is 51.6 Å². The van der Waals surface area contributed by atoms with Crippen LogP contribution in [-0.2, 0) is 4.74 Å². The zero-order valence-electron chi connectivity index (χ0n) is 12.8. The molecule has 1 saturated heterocycles. The van der Waals surface area contributed by atoms with Gasteiger partial charge in [-0.2, -0.15) is 0 Å². The van der Waals surface area contributed by atoms with Gasteiger partial charge >= 0.3 is 0 Å². The molecule has 0 aliphatic carbocycles. The van der Waals surface area contributed by atoms with E-state index < -0.39 is 0 Å². The molecule has 2 aliphatic rings. The Bertz CT molecular complexity index is 476. The summed E-state index contributed by atoms with van der Waals surface area (Å²) < 4.78 is 5.68. The van der Waals surface area contributed by atoms with E-state index in [9.17, 15) is 0 Å². The minimum Gasteiger partial charge on any atom is -0.376 e. The van der Waals surface area contributed by atoms with Crippen molar-refractivity contribution in [2.45, 2.75) is 19.1 Å². The molecule has 0 aromatic carbocycles. The number of guanidine groups is 1. The summed E-state index contributed by atoms with van der Waals surface area (Å²) in [5.41, 5.74) is 0. The first-order chi connectivity index (χ1) is 10.2. The summed E-state index contributed by atoms with van der Waals surface area (Å²) in [6, 6.07) is 4.76. The zero-order chi connectivity index (χ0) is 14.7. The number of likely N-dealkylation sites (N-methyl/N-ethyl adjacent to an activating group) is 1. The molecule has 1 aromatic heterocycles. The van der Waals surface area contributed by atoms with Crippen molar-refractivity contribution in [1.29, 1.82) is 0 Å². The largest absolute Gasteiger partial charge is 0.376 e. The number of nitrogens with one attached hydrogen (secondary N) is 1. The molecule has 0 saturated carbocycles. The summed E-state index contributed by atoms with van der Waals surface area (Å²) >= 11 is 1.83. The Hall–Kier alpha value is -1.11. The van der Waals surface area contributed by atoms with Gasteiger partial charge in [0.2, 0.25) is 0 Å². The topological polar surface area (TPSA) is 40.1 Å². The second-order valence-electron chi connectivity index (χ2n) is 5.72. The summed E-state index contributed by atoms with van der Waals surface area (Å²) in [5, 5.41) is 5.69.